The molecule has 39 heavy (non-hydrogen) atoms. The van der Waals surface area contributed by atoms with Gasteiger partial charge in [-0.05, 0) is 90.0 Å². The minimum atomic E-state index is -0.944. The van der Waals surface area contributed by atoms with E-state index in [1.165, 1.54) is 0 Å². The summed E-state index contributed by atoms with van der Waals surface area (Å²) in [6.45, 7) is 16.9. The Morgan fingerprint density at radius 3 is 2.21 bits per heavy atom. The Hall–Kier alpha value is -2.77. The molecule has 0 bridgehead atoms. The number of carbonyl (C=O) groups is 3. The summed E-state index contributed by atoms with van der Waals surface area (Å²) in [6.07, 6.45) is 5.67. The average molecular weight is 546 g/mol. The lowest BCUT2D eigenvalue weighted by Crippen LogP contribution is -2.61. The van der Waals surface area contributed by atoms with Crippen LogP contribution >= 0.6 is 0 Å². The number of phenolic OH excluding ortho intramolecular Hbond substituents is 1. The van der Waals surface area contributed by atoms with Gasteiger partial charge in [0.1, 0.15) is 23.4 Å². The van der Waals surface area contributed by atoms with E-state index in [4.69, 9.17) is 4.74 Å². The third-order valence-corrected chi connectivity index (χ3v) is 7.90. The molecule has 1 aromatic carbocycles. The molecule has 3 unspecified atom stereocenters. The highest BCUT2D eigenvalue weighted by Crippen LogP contribution is 2.35. The topological polar surface area (TPSA) is 108 Å². The summed E-state index contributed by atoms with van der Waals surface area (Å²) in [5, 5.41) is 16.3. The van der Waals surface area contributed by atoms with Crippen LogP contribution < -0.4 is 10.6 Å². The number of carbonyl (C=O) groups excluding carboxylic acids is 3. The number of aromatic hydroxyl groups is 1. The summed E-state index contributed by atoms with van der Waals surface area (Å²) in [6, 6.07) is 3.27. The van der Waals surface area contributed by atoms with Gasteiger partial charge in [-0.15, -0.1) is 0 Å². The van der Waals surface area contributed by atoms with Crippen LogP contribution in [-0.2, 0) is 14.3 Å². The van der Waals surface area contributed by atoms with Gasteiger partial charge in [0.05, 0.1) is 0 Å². The van der Waals surface area contributed by atoms with Gasteiger partial charge in [0.15, 0.2) is 0 Å². The Morgan fingerprint density at radius 1 is 1.08 bits per heavy atom. The molecule has 220 valence electrons. The van der Waals surface area contributed by atoms with Crippen LogP contribution in [0.2, 0.25) is 0 Å². The van der Waals surface area contributed by atoms with E-state index in [9.17, 15) is 19.5 Å². The fourth-order valence-corrected chi connectivity index (χ4v) is 5.01. The lowest BCUT2D eigenvalue weighted by atomic mass is 9.88. The number of nitrogens with zero attached hydrogens (tertiary/aromatic N) is 1. The fourth-order valence-electron chi connectivity index (χ4n) is 5.01. The standard InChI is InChI=1S/C31H51N3O5/c1-10-20(3)25(33-29(38)39-30(5,6)7)28(37)34(31(8,9)11-2)26(22-17-18-24(35)21(4)19-22)27(36)32-23-15-13-12-14-16-23/h17-20,23,25-26,35H,10-16H2,1-9H3,(H,32,36)(H,33,38). The Bertz CT molecular complexity index is 994. The molecule has 8 nitrogen and oxygen atoms in total. The zero-order valence-electron chi connectivity index (χ0n) is 25.5. The van der Waals surface area contributed by atoms with Crippen LogP contribution in [0.3, 0.4) is 0 Å². The molecule has 0 spiro atoms. The predicted octanol–water partition coefficient (Wildman–Crippen LogP) is 6.15. The van der Waals surface area contributed by atoms with Crippen LogP contribution in [0.4, 0.5) is 4.79 Å². The van der Waals surface area contributed by atoms with Crippen LogP contribution in [0.1, 0.15) is 118 Å². The summed E-state index contributed by atoms with van der Waals surface area (Å²) < 4.78 is 5.50. The number of amides is 3. The molecule has 8 heteroatoms. The van der Waals surface area contributed by atoms with E-state index in [1.807, 2.05) is 34.6 Å². The van der Waals surface area contributed by atoms with E-state index in [0.29, 0.717) is 24.0 Å². The van der Waals surface area contributed by atoms with E-state index < -0.39 is 29.3 Å². The first-order valence-electron chi connectivity index (χ1n) is 14.5. The number of phenols is 1. The molecule has 0 aromatic heterocycles. The first-order valence-corrected chi connectivity index (χ1v) is 14.5. The highest BCUT2D eigenvalue weighted by molar-refractivity contribution is 5.93. The first-order chi connectivity index (χ1) is 18.1. The number of hydrogen-bond acceptors (Lipinski definition) is 5. The first kappa shape index (κ1) is 32.4. The summed E-state index contributed by atoms with van der Waals surface area (Å²) in [5.74, 6) is -0.663. The average Bonchev–Trinajstić information content (AvgIpc) is 2.86. The molecule has 1 aromatic rings. The van der Waals surface area contributed by atoms with Crippen LogP contribution in [-0.4, -0.2) is 51.1 Å². The van der Waals surface area contributed by atoms with Gasteiger partial charge < -0.3 is 25.4 Å². The van der Waals surface area contributed by atoms with Crippen molar-refractivity contribution in [2.45, 2.75) is 137 Å². The summed E-state index contributed by atoms with van der Waals surface area (Å²) >= 11 is 0. The van der Waals surface area contributed by atoms with Crippen molar-refractivity contribution in [2.75, 3.05) is 0 Å². The molecule has 2 rings (SSSR count). The van der Waals surface area contributed by atoms with Crippen molar-refractivity contribution in [2.24, 2.45) is 5.92 Å². The fraction of sp³-hybridized carbons (Fsp3) is 0.710. The van der Waals surface area contributed by atoms with Crippen LogP contribution in [0, 0.1) is 12.8 Å². The van der Waals surface area contributed by atoms with E-state index in [1.54, 1.807) is 50.8 Å². The van der Waals surface area contributed by atoms with Gasteiger partial charge in [-0.2, -0.15) is 0 Å². The minimum Gasteiger partial charge on any atom is -0.508 e. The lowest BCUT2D eigenvalue weighted by Gasteiger charge is -2.45. The molecule has 1 fully saturated rings. The van der Waals surface area contributed by atoms with Crippen molar-refractivity contribution in [3.05, 3.63) is 29.3 Å². The molecule has 1 aliphatic carbocycles. The number of benzene rings is 1. The molecule has 1 aliphatic rings. The van der Waals surface area contributed by atoms with Crippen LogP contribution in [0.5, 0.6) is 5.75 Å². The monoisotopic (exact) mass is 545 g/mol. The Balaban J connectivity index is 2.62. The van der Waals surface area contributed by atoms with Crippen molar-refractivity contribution in [3.8, 4) is 5.75 Å². The number of hydrogen-bond donors (Lipinski definition) is 3. The largest absolute Gasteiger partial charge is 0.508 e. The van der Waals surface area contributed by atoms with Crippen molar-refractivity contribution in [3.63, 3.8) is 0 Å². The normalized spacial score (nSPS) is 17.1. The van der Waals surface area contributed by atoms with E-state index in [-0.39, 0.29) is 29.5 Å². The van der Waals surface area contributed by atoms with E-state index in [2.05, 4.69) is 10.6 Å². The molecule has 0 aliphatic heterocycles. The van der Waals surface area contributed by atoms with Gasteiger partial charge in [0.2, 0.25) is 11.8 Å². The smallest absolute Gasteiger partial charge is 0.408 e. The SMILES string of the molecule is CCC(C)C(NC(=O)OC(C)(C)C)C(=O)N(C(C(=O)NC1CCCCC1)c1ccc(O)c(C)c1)C(C)(C)CC. The number of aryl methyl sites for hydroxylation is 1. The van der Waals surface area contributed by atoms with Gasteiger partial charge in [0, 0.05) is 11.6 Å². The second-order valence-corrected chi connectivity index (χ2v) is 12.7. The van der Waals surface area contributed by atoms with Gasteiger partial charge in [-0.3, -0.25) is 9.59 Å². The van der Waals surface area contributed by atoms with E-state index in [0.717, 1.165) is 32.1 Å². The molecule has 0 heterocycles. The zero-order chi connectivity index (χ0) is 29.5. The zero-order valence-corrected chi connectivity index (χ0v) is 25.5. The molecule has 0 saturated heterocycles. The molecule has 3 amide bonds. The summed E-state index contributed by atoms with van der Waals surface area (Å²) in [7, 11) is 0. The highest BCUT2D eigenvalue weighted by Gasteiger charge is 2.44. The van der Waals surface area contributed by atoms with Gasteiger partial charge in [0.25, 0.3) is 0 Å². The molecule has 3 N–H and O–H groups in total. The molecular weight excluding hydrogens is 494 g/mol. The Kier molecular flexibility index (Phi) is 11.3. The third kappa shape index (κ3) is 8.87. The van der Waals surface area contributed by atoms with Crippen molar-refractivity contribution in [1.29, 1.82) is 0 Å². The second kappa shape index (κ2) is 13.5. The second-order valence-electron chi connectivity index (χ2n) is 12.7. The van der Waals surface area contributed by atoms with Crippen molar-refractivity contribution in [1.82, 2.24) is 15.5 Å². The highest BCUT2D eigenvalue weighted by atomic mass is 16.6. The molecule has 0 radical (unpaired) electrons. The maximum atomic E-state index is 14.5. The number of alkyl carbamates (subject to hydrolysis) is 1. The van der Waals surface area contributed by atoms with Crippen LogP contribution in [0.15, 0.2) is 18.2 Å². The van der Waals surface area contributed by atoms with Gasteiger partial charge >= 0.3 is 6.09 Å². The molecular formula is C31H51N3O5. The molecule has 3 atom stereocenters. The summed E-state index contributed by atoms with van der Waals surface area (Å²) in [4.78, 5) is 43.1. The summed E-state index contributed by atoms with van der Waals surface area (Å²) in [5.41, 5.74) is -0.205. The Morgan fingerprint density at radius 2 is 1.69 bits per heavy atom. The Labute approximate surface area is 235 Å². The maximum absolute atomic E-state index is 14.5. The number of rotatable bonds is 10. The number of nitrogens with one attached hydrogen (secondary N) is 2. The quantitative estimate of drug-likeness (QED) is 0.327. The van der Waals surface area contributed by atoms with Crippen molar-refractivity contribution >= 4 is 17.9 Å². The lowest BCUT2D eigenvalue weighted by molar-refractivity contribution is -0.150. The predicted molar refractivity (Wildman–Crippen MR) is 154 cm³/mol. The molecule has 1 saturated carbocycles. The van der Waals surface area contributed by atoms with Crippen molar-refractivity contribution < 1.29 is 24.2 Å². The third-order valence-electron chi connectivity index (χ3n) is 7.90. The van der Waals surface area contributed by atoms with Gasteiger partial charge in [-0.1, -0.05) is 52.5 Å². The minimum absolute atomic E-state index is 0.0545. The maximum Gasteiger partial charge on any atom is 0.408 e. The number of ether oxygens (including phenoxy) is 1. The van der Waals surface area contributed by atoms with Crippen LogP contribution in [0.25, 0.3) is 0 Å². The van der Waals surface area contributed by atoms with E-state index >= 15 is 0 Å². The van der Waals surface area contributed by atoms with Gasteiger partial charge in [-0.25, -0.2) is 4.79 Å².